The van der Waals surface area contributed by atoms with Gasteiger partial charge in [-0.15, -0.1) is 0 Å². The number of aromatic hydroxyl groups is 2. The summed E-state index contributed by atoms with van der Waals surface area (Å²) in [6, 6.07) is 9.42. The van der Waals surface area contributed by atoms with Gasteiger partial charge >= 0.3 is 11.9 Å². The highest BCUT2D eigenvalue weighted by molar-refractivity contribution is 5.91. The van der Waals surface area contributed by atoms with E-state index in [2.05, 4.69) is 4.74 Å². The Morgan fingerprint density at radius 3 is 1.83 bits per heavy atom. The summed E-state index contributed by atoms with van der Waals surface area (Å²) in [7, 11) is 4.21. The molecule has 0 heterocycles. The van der Waals surface area contributed by atoms with Gasteiger partial charge in [-0.2, -0.15) is 0 Å². The van der Waals surface area contributed by atoms with Crippen LogP contribution >= 0.6 is 0 Å². The SMILES string of the molecule is COC(=O)/C=C/c1ccc(O)c(OC)c1.COc1cc(/C=C(\C)C(=O)O)ccc1O. The third-order valence-electron chi connectivity index (χ3n) is 3.74. The zero-order valence-corrected chi connectivity index (χ0v) is 17.1. The van der Waals surface area contributed by atoms with Crippen LogP contribution < -0.4 is 9.47 Å². The van der Waals surface area contributed by atoms with Crippen LogP contribution in [0.1, 0.15) is 18.1 Å². The predicted octanol–water partition coefficient (Wildman–Crippen LogP) is 3.48. The Morgan fingerprint density at radius 1 is 0.867 bits per heavy atom. The number of esters is 1. The van der Waals surface area contributed by atoms with Gasteiger partial charge in [0.15, 0.2) is 23.0 Å². The number of phenols is 2. The zero-order valence-electron chi connectivity index (χ0n) is 17.1. The van der Waals surface area contributed by atoms with E-state index in [4.69, 9.17) is 14.6 Å². The number of carbonyl (C=O) groups is 2. The fourth-order valence-electron chi connectivity index (χ4n) is 2.13. The highest BCUT2D eigenvalue weighted by Gasteiger charge is 2.04. The minimum absolute atomic E-state index is 0.0302. The van der Waals surface area contributed by atoms with Gasteiger partial charge in [-0.05, 0) is 54.5 Å². The molecule has 0 aliphatic carbocycles. The lowest BCUT2D eigenvalue weighted by molar-refractivity contribution is -0.135. The van der Waals surface area contributed by atoms with E-state index in [-0.39, 0.29) is 17.1 Å². The van der Waals surface area contributed by atoms with Crippen LogP contribution in [0.15, 0.2) is 48.0 Å². The van der Waals surface area contributed by atoms with E-state index in [1.807, 2.05) is 0 Å². The van der Waals surface area contributed by atoms with Crippen LogP contribution in [0, 0.1) is 0 Å². The minimum atomic E-state index is -0.970. The van der Waals surface area contributed by atoms with Crippen molar-refractivity contribution in [1.29, 1.82) is 0 Å². The van der Waals surface area contributed by atoms with Gasteiger partial charge in [-0.25, -0.2) is 9.59 Å². The van der Waals surface area contributed by atoms with Crippen LogP contribution in [0.3, 0.4) is 0 Å². The minimum Gasteiger partial charge on any atom is -0.504 e. The maximum Gasteiger partial charge on any atom is 0.331 e. The van der Waals surface area contributed by atoms with Crippen molar-refractivity contribution < 1.29 is 39.1 Å². The number of phenolic OH excluding ortho intramolecular Hbond substituents is 2. The largest absolute Gasteiger partial charge is 0.504 e. The molecule has 2 aromatic carbocycles. The maximum atomic E-state index is 10.8. The molecule has 0 aliphatic heterocycles. The van der Waals surface area contributed by atoms with Crippen molar-refractivity contribution in [1.82, 2.24) is 0 Å². The van der Waals surface area contributed by atoms with Gasteiger partial charge in [0.05, 0.1) is 21.3 Å². The smallest absolute Gasteiger partial charge is 0.331 e. The first-order valence-electron chi connectivity index (χ1n) is 8.63. The van der Waals surface area contributed by atoms with Gasteiger partial charge in [0.25, 0.3) is 0 Å². The van der Waals surface area contributed by atoms with Crippen molar-refractivity contribution in [2.75, 3.05) is 21.3 Å². The molecule has 3 N–H and O–H groups in total. The van der Waals surface area contributed by atoms with Gasteiger partial charge in [0, 0.05) is 11.6 Å². The summed E-state index contributed by atoms with van der Waals surface area (Å²) >= 11 is 0. The molecule has 0 amide bonds. The Kier molecular flexibility index (Phi) is 9.48. The molecule has 0 radical (unpaired) electrons. The second kappa shape index (κ2) is 11.8. The lowest BCUT2D eigenvalue weighted by atomic mass is 10.1. The van der Waals surface area contributed by atoms with Crippen LogP contribution in [0.4, 0.5) is 0 Å². The molecule has 160 valence electrons. The Morgan fingerprint density at radius 2 is 1.37 bits per heavy atom. The fourth-order valence-corrected chi connectivity index (χ4v) is 2.13. The molecule has 0 atom stereocenters. The number of hydrogen-bond donors (Lipinski definition) is 3. The Bertz CT molecular complexity index is 942. The summed E-state index contributed by atoms with van der Waals surface area (Å²) in [5, 5.41) is 27.3. The molecule has 8 heteroatoms. The Hall–Kier alpha value is -3.94. The standard InChI is InChI=1S/2C11H12O4/c1-14-10-7-8(3-5-9(10)12)4-6-11(13)15-2;1-7(11(13)14)5-8-3-4-9(12)10(6-8)15-2/h3-7,12H,1-2H3;3-6,12H,1-2H3,(H,13,14)/b6-4+;7-5+. The predicted molar refractivity (Wildman–Crippen MR) is 112 cm³/mol. The van der Waals surface area contributed by atoms with Gasteiger partial charge in [0.2, 0.25) is 0 Å². The van der Waals surface area contributed by atoms with E-state index >= 15 is 0 Å². The molecule has 0 aliphatic rings. The molecule has 0 bridgehead atoms. The number of rotatable bonds is 6. The average molecular weight is 416 g/mol. The van der Waals surface area contributed by atoms with Crippen LogP contribution in [-0.2, 0) is 14.3 Å². The van der Waals surface area contributed by atoms with E-state index < -0.39 is 11.9 Å². The normalized spacial score (nSPS) is 10.7. The lowest BCUT2D eigenvalue weighted by Gasteiger charge is -2.04. The van der Waals surface area contributed by atoms with Crippen molar-refractivity contribution in [3.8, 4) is 23.0 Å². The van der Waals surface area contributed by atoms with Crippen molar-refractivity contribution >= 4 is 24.1 Å². The number of carboxylic acids is 1. The van der Waals surface area contributed by atoms with Crippen LogP contribution in [0.25, 0.3) is 12.2 Å². The molecular weight excluding hydrogens is 392 g/mol. The fraction of sp³-hybridized carbons (Fsp3) is 0.182. The average Bonchev–Trinajstić information content (AvgIpc) is 2.74. The number of methoxy groups -OCH3 is 3. The zero-order chi connectivity index (χ0) is 22.7. The molecule has 2 aromatic rings. The first-order chi connectivity index (χ1) is 14.2. The van der Waals surface area contributed by atoms with Crippen molar-refractivity contribution in [2.24, 2.45) is 0 Å². The molecule has 2 rings (SSSR count). The molecule has 8 nitrogen and oxygen atoms in total. The molecule has 0 saturated carbocycles. The van der Waals surface area contributed by atoms with Crippen LogP contribution in [-0.4, -0.2) is 48.6 Å². The maximum absolute atomic E-state index is 10.8. The number of ether oxygens (including phenoxy) is 3. The summed E-state index contributed by atoms with van der Waals surface area (Å²) in [5.74, 6) is -0.622. The topological polar surface area (TPSA) is 123 Å². The number of benzene rings is 2. The monoisotopic (exact) mass is 416 g/mol. The van der Waals surface area contributed by atoms with E-state index in [9.17, 15) is 19.8 Å². The van der Waals surface area contributed by atoms with Gasteiger partial charge in [-0.3, -0.25) is 0 Å². The van der Waals surface area contributed by atoms with Crippen molar-refractivity contribution in [2.45, 2.75) is 6.92 Å². The van der Waals surface area contributed by atoms with E-state index in [0.29, 0.717) is 17.1 Å². The molecular formula is C22H24O8. The second-order valence-corrected chi connectivity index (χ2v) is 5.85. The summed E-state index contributed by atoms with van der Waals surface area (Å²) in [5.41, 5.74) is 1.64. The number of aliphatic carboxylic acids is 1. The first-order valence-corrected chi connectivity index (χ1v) is 8.63. The Balaban J connectivity index is 0.000000300. The second-order valence-electron chi connectivity index (χ2n) is 5.85. The molecule has 30 heavy (non-hydrogen) atoms. The quantitative estimate of drug-likeness (QED) is 0.483. The van der Waals surface area contributed by atoms with Gasteiger partial charge in [-0.1, -0.05) is 12.1 Å². The highest BCUT2D eigenvalue weighted by atomic mass is 16.5. The lowest BCUT2D eigenvalue weighted by Crippen LogP contribution is -1.95. The van der Waals surface area contributed by atoms with Crippen molar-refractivity contribution in [3.63, 3.8) is 0 Å². The number of carboxylic acid groups (broad SMARTS) is 1. The molecule has 0 fully saturated rings. The van der Waals surface area contributed by atoms with Gasteiger partial charge in [0.1, 0.15) is 0 Å². The first kappa shape index (κ1) is 24.1. The highest BCUT2D eigenvalue weighted by Crippen LogP contribution is 2.27. The molecule has 0 spiro atoms. The van der Waals surface area contributed by atoms with E-state index in [1.54, 1.807) is 30.3 Å². The molecule has 0 unspecified atom stereocenters. The number of carbonyl (C=O) groups excluding carboxylic acids is 1. The number of hydrogen-bond acceptors (Lipinski definition) is 7. The summed E-state index contributed by atoms with van der Waals surface area (Å²) < 4.78 is 14.3. The summed E-state index contributed by atoms with van der Waals surface area (Å²) in [4.78, 5) is 21.4. The van der Waals surface area contributed by atoms with Crippen molar-refractivity contribution in [3.05, 3.63) is 59.2 Å². The van der Waals surface area contributed by atoms with Crippen LogP contribution in [0.5, 0.6) is 23.0 Å². The van der Waals surface area contributed by atoms with E-state index in [0.717, 1.165) is 5.56 Å². The summed E-state index contributed by atoms with van der Waals surface area (Å²) in [6.45, 7) is 1.50. The Labute approximate surface area is 174 Å². The van der Waals surface area contributed by atoms with Crippen LogP contribution in [0.2, 0.25) is 0 Å². The summed E-state index contributed by atoms with van der Waals surface area (Å²) in [6.07, 6.45) is 4.38. The molecule has 0 saturated heterocycles. The third-order valence-corrected chi connectivity index (χ3v) is 3.74. The molecule has 0 aromatic heterocycles. The van der Waals surface area contributed by atoms with E-state index in [1.165, 1.54) is 52.5 Å². The van der Waals surface area contributed by atoms with Gasteiger partial charge < -0.3 is 29.5 Å². The third kappa shape index (κ3) is 7.59.